The van der Waals surface area contributed by atoms with Gasteiger partial charge in [-0.15, -0.1) is 0 Å². The molecule has 0 saturated heterocycles. The molecule has 0 spiro atoms. The van der Waals surface area contributed by atoms with E-state index in [0.29, 0.717) is 34.5 Å². The fourth-order valence-corrected chi connectivity index (χ4v) is 4.39. The Bertz CT molecular complexity index is 1540. The molecule has 4 rings (SSSR count). The molecule has 0 atom stereocenters. The summed E-state index contributed by atoms with van der Waals surface area (Å²) in [6.45, 7) is 3.99. The number of nitrogens with zero attached hydrogens (tertiary/aromatic N) is 3. The molecule has 1 aromatic heterocycles. The number of aromatic nitrogens is 2. The van der Waals surface area contributed by atoms with E-state index in [1.54, 1.807) is 42.5 Å². The largest absolute Gasteiger partial charge is 0.497 e. The number of rotatable bonds is 12. The number of hydrogen-bond acceptors (Lipinski definition) is 7. The number of ether oxygens (including phenoxy) is 2. The van der Waals surface area contributed by atoms with Gasteiger partial charge in [0.1, 0.15) is 17.2 Å². The Kier molecular flexibility index (Phi) is 9.35. The van der Waals surface area contributed by atoms with Gasteiger partial charge in [-0.05, 0) is 43.7 Å². The minimum atomic E-state index is -0.575. The predicted octanol–water partition coefficient (Wildman–Crippen LogP) is 3.17. The standard InChI is InChI=1S/C30H33N5O5/c1-4-34(21-11-6-5-7-12-21)18-10-17-31-27(36)20-32-29(37)28-23-13-8-9-14-24(23)30(38)35(33-28)25-16-15-22(39-2)19-26(25)40-3/h5-9,11-16,19H,4,10,17-18,20H2,1-3H3,(H,31,36)(H,32,37). The van der Waals surface area contributed by atoms with Crippen LogP contribution < -0.4 is 30.6 Å². The molecule has 0 bridgehead atoms. The van der Waals surface area contributed by atoms with Crippen LogP contribution in [-0.4, -0.2) is 62.0 Å². The van der Waals surface area contributed by atoms with Crippen LogP contribution in [0.3, 0.4) is 0 Å². The molecule has 4 aromatic rings. The number of benzene rings is 3. The Hall–Kier alpha value is -4.86. The van der Waals surface area contributed by atoms with E-state index in [1.165, 1.54) is 14.2 Å². The second-order valence-corrected chi connectivity index (χ2v) is 8.95. The number of hydrogen-bond donors (Lipinski definition) is 2. The maximum atomic E-state index is 13.3. The van der Waals surface area contributed by atoms with Gasteiger partial charge in [-0.25, -0.2) is 0 Å². The first-order valence-electron chi connectivity index (χ1n) is 13.1. The highest BCUT2D eigenvalue weighted by Crippen LogP contribution is 2.27. The van der Waals surface area contributed by atoms with Gasteiger partial charge in [0.25, 0.3) is 11.5 Å². The van der Waals surface area contributed by atoms with E-state index in [2.05, 4.69) is 39.7 Å². The number of amides is 2. The van der Waals surface area contributed by atoms with E-state index < -0.39 is 11.5 Å². The molecular formula is C30H33N5O5. The first-order chi connectivity index (χ1) is 19.5. The zero-order chi connectivity index (χ0) is 28.5. The SMILES string of the molecule is CCN(CCCNC(=O)CNC(=O)c1nn(-c2ccc(OC)cc2OC)c(=O)c2ccccc12)c1ccccc1. The highest BCUT2D eigenvalue weighted by molar-refractivity contribution is 6.05. The molecule has 3 aromatic carbocycles. The zero-order valence-corrected chi connectivity index (χ0v) is 22.8. The van der Waals surface area contributed by atoms with Crippen molar-refractivity contribution >= 4 is 28.3 Å². The summed E-state index contributed by atoms with van der Waals surface area (Å²) in [7, 11) is 3.00. The Morgan fingerprint density at radius 2 is 1.65 bits per heavy atom. The minimum absolute atomic E-state index is 0.0160. The summed E-state index contributed by atoms with van der Waals surface area (Å²) in [5.74, 6) is 0.00382. The predicted molar refractivity (Wildman–Crippen MR) is 155 cm³/mol. The summed E-state index contributed by atoms with van der Waals surface area (Å²) in [5.41, 5.74) is 1.09. The lowest BCUT2D eigenvalue weighted by Gasteiger charge is -2.23. The normalized spacial score (nSPS) is 10.7. The van der Waals surface area contributed by atoms with Crippen LogP contribution in [0.15, 0.2) is 77.6 Å². The van der Waals surface area contributed by atoms with Gasteiger partial charge in [0, 0.05) is 36.8 Å². The molecule has 0 aliphatic carbocycles. The van der Waals surface area contributed by atoms with E-state index in [0.717, 1.165) is 29.9 Å². The third-order valence-electron chi connectivity index (χ3n) is 6.47. The third kappa shape index (κ3) is 6.40. The average Bonchev–Trinajstić information content (AvgIpc) is 3.00. The van der Waals surface area contributed by atoms with E-state index >= 15 is 0 Å². The number of para-hydroxylation sites is 1. The third-order valence-corrected chi connectivity index (χ3v) is 6.47. The van der Waals surface area contributed by atoms with Crippen LogP contribution in [0.1, 0.15) is 23.8 Å². The molecule has 0 saturated carbocycles. The highest BCUT2D eigenvalue weighted by Gasteiger charge is 2.20. The van der Waals surface area contributed by atoms with Crippen molar-refractivity contribution in [2.75, 3.05) is 45.3 Å². The van der Waals surface area contributed by atoms with Gasteiger partial charge in [0.15, 0.2) is 5.69 Å². The monoisotopic (exact) mass is 543 g/mol. The Morgan fingerprint density at radius 3 is 2.35 bits per heavy atom. The van der Waals surface area contributed by atoms with Gasteiger partial charge in [-0.2, -0.15) is 9.78 Å². The van der Waals surface area contributed by atoms with E-state index in [4.69, 9.17) is 9.47 Å². The number of fused-ring (bicyclic) bond motifs is 1. The molecule has 40 heavy (non-hydrogen) atoms. The van der Waals surface area contributed by atoms with E-state index in [9.17, 15) is 14.4 Å². The molecule has 0 fully saturated rings. The Balaban J connectivity index is 1.45. The fourth-order valence-electron chi connectivity index (χ4n) is 4.39. The van der Waals surface area contributed by atoms with Crippen molar-refractivity contribution in [1.82, 2.24) is 20.4 Å². The van der Waals surface area contributed by atoms with Crippen molar-refractivity contribution in [2.24, 2.45) is 0 Å². The van der Waals surface area contributed by atoms with Crippen molar-refractivity contribution < 1.29 is 19.1 Å². The van der Waals surface area contributed by atoms with Crippen molar-refractivity contribution in [3.05, 3.63) is 88.8 Å². The summed E-state index contributed by atoms with van der Waals surface area (Å²) < 4.78 is 11.8. The molecule has 10 nitrogen and oxygen atoms in total. The second-order valence-electron chi connectivity index (χ2n) is 8.95. The smallest absolute Gasteiger partial charge is 0.279 e. The topological polar surface area (TPSA) is 115 Å². The molecule has 0 unspecified atom stereocenters. The van der Waals surface area contributed by atoms with Crippen LogP contribution in [-0.2, 0) is 4.79 Å². The van der Waals surface area contributed by atoms with Gasteiger partial charge < -0.3 is 25.0 Å². The lowest BCUT2D eigenvalue weighted by molar-refractivity contribution is -0.120. The van der Waals surface area contributed by atoms with E-state index in [-0.39, 0.29) is 18.1 Å². The second kappa shape index (κ2) is 13.3. The van der Waals surface area contributed by atoms with Crippen LogP contribution in [0.5, 0.6) is 11.5 Å². The quantitative estimate of drug-likeness (QED) is 0.264. The van der Waals surface area contributed by atoms with E-state index in [1.807, 2.05) is 18.2 Å². The van der Waals surface area contributed by atoms with Crippen LogP contribution in [0.2, 0.25) is 0 Å². The molecule has 208 valence electrons. The zero-order valence-electron chi connectivity index (χ0n) is 22.8. The molecule has 2 amide bonds. The number of methoxy groups -OCH3 is 2. The van der Waals surface area contributed by atoms with Gasteiger partial charge in [-0.1, -0.05) is 36.4 Å². The lowest BCUT2D eigenvalue weighted by Crippen LogP contribution is -2.39. The molecule has 0 aliphatic rings. The summed E-state index contributed by atoms with van der Waals surface area (Å²) in [5, 5.41) is 10.6. The van der Waals surface area contributed by atoms with Crippen molar-refractivity contribution in [3.8, 4) is 17.2 Å². The maximum Gasteiger partial charge on any atom is 0.279 e. The number of carbonyl (C=O) groups is 2. The first kappa shape index (κ1) is 28.2. The minimum Gasteiger partial charge on any atom is -0.497 e. The first-order valence-corrected chi connectivity index (χ1v) is 13.1. The van der Waals surface area contributed by atoms with Gasteiger partial charge in [0.2, 0.25) is 5.91 Å². The molecule has 1 heterocycles. The van der Waals surface area contributed by atoms with Crippen molar-refractivity contribution in [1.29, 1.82) is 0 Å². The number of carbonyl (C=O) groups excluding carboxylic acids is 2. The number of anilines is 1. The molecule has 2 N–H and O–H groups in total. The lowest BCUT2D eigenvalue weighted by atomic mass is 10.1. The maximum absolute atomic E-state index is 13.3. The Labute approximate surface area is 232 Å². The van der Waals surface area contributed by atoms with Crippen molar-refractivity contribution in [2.45, 2.75) is 13.3 Å². The van der Waals surface area contributed by atoms with Crippen LogP contribution in [0.4, 0.5) is 5.69 Å². The van der Waals surface area contributed by atoms with Gasteiger partial charge in [0.05, 0.1) is 26.2 Å². The average molecular weight is 544 g/mol. The van der Waals surface area contributed by atoms with Gasteiger partial charge >= 0.3 is 0 Å². The highest BCUT2D eigenvalue weighted by atomic mass is 16.5. The van der Waals surface area contributed by atoms with Crippen LogP contribution in [0, 0.1) is 0 Å². The molecule has 0 aliphatic heterocycles. The molecule has 10 heteroatoms. The summed E-state index contributed by atoms with van der Waals surface area (Å²) in [6, 6.07) is 21.7. The number of nitrogens with one attached hydrogen (secondary N) is 2. The summed E-state index contributed by atoms with van der Waals surface area (Å²) in [4.78, 5) is 41.2. The fraction of sp³-hybridized carbons (Fsp3) is 0.267. The van der Waals surface area contributed by atoms with Gasteiger partial charge in [-0.3, -0.25) is 14.4 Å². The van der Waals surface area contributed by atoms with Crippen LogP contribution >= 0.6 is 0 Å². The Morgan fingerprint density at radius 1 is 0.925 bits per heavy atom. The van der Waals surface area contributed by atoms with Crippen molar-refractivity contribution in [3.63, 3.8) is 0 Å². The molecular weight excluding hydrogens is 510 g/mol. The summed E-state index contributed by atoms with van der Waals surface area (Å²) >= 11 is 0. The summed E-state index contributed by atoms with van der Waals surface area (Å²) in [6.07, 6.45) is 0.753. The molecule has 0 radical (unpaired) electrons. The van der Waals surface area contributed by atoms with Crippen LogP contribution in [0.25, 0.3) is 16.5 Å².